The number of halogens is 1. The first-order chi connectivity index (χ1) is 15.3. The Hall–Kier alpha value is -2.96. The summed E-state index contributed by atoms with van der Waals surface area (Å²) in [5.74, 6) is -0.0375. The summed E-state index contributed by atoms with van der Waals surface area (Å²) < 4.78 is 15.3. The number of carbonyl (C=O) groups is 1. The number of carbonyl (C=O) groups excluding carboxylic acids is 1. The minimum Gasteiger partial charge on any atom is -0.367 e. The van der Waals surface area contributed by atoms with Gasteiger partial charge < -0.3 is 5.32 Å². The number of nitrogens with zero attached hydrogens (tertiary/aromatic N) is 3. The van der Waals surface area contributed by atoms with E-state index in [2.05, 4.69) is 5.32 Å². The number of rotatable bonds is 7. The lowest BCUT2D eigenvalue weighted by molar-refractivity contribution is -0.121. The van der Waals surface area contributed by atoms with E-state index < -0.39 is 0 Å². The molecule has 1 amide bonds. The molecule has 2 heterocycles. The Labute approximate surface area is 195 Å². The minimum atomic E-state index is -0.375. The van der Waals surface area contributed by atoms with Gasteiger partial charge >= 0.3 is 0 Å². The molecule has 6 nitrogen and oxygen atoms in total. The molecule has 9 heteroatoms. The number of nitriles is 1. The molecule has 0 aliphatic carbocycles. The highest BCUT2D eigenvalue weighted by atomic mass is 32.2. The molecule has 3 rings (SSSR count). The van der Waals surface area contributed by atoms with Crippen LogP contribution in [0, 0.1) is 24.1 Å². The summed E-state index contributed by atoms with van der Waals surface area (Å²) in [6.07, 6.45) is 3.30. The third-order valence-electron chi connectivity index (χ3n) is 5.25. The van der Waals surface area contributed by atoms with Crippen molar-refractivity contribution in [2.45, 2.75) is 39.8 Å². The molecule has 166 valence electrons. The Balaban J connectivity index is 2.17. The largest absolute Gasteiger partial charge is 0.367 e. The van der Waals surface area contributed by atoms with Crippen LogP contribution in [0.5, 0.6) is 0 Å². The molecule has 1 fully saturated rings. The number of aromatic nitrogens is 1. The van der Waals surface area contributed by atoms with E-state index in [-0.39, 0.29) is 22.8 Å². The predicted octanol–water partition coefficient (Wildman–Crippen LogP) is 4.41. The fourth-order valence-corrected chi connectivity index (χ4v) is 4.51. The lowest BCUT2D eigenvalue weighted by atomic mass is 10.0. The molecular formula is C23H23FN4O2S2. The van der Waals surface area contributed by atoms with Gasteiger partial charge in [-0.05, 0) is 42.7 Å². The highest BCUT2D eigenvalue weighted by molar-refractivity contribution is 8.26. The van der Waals surface area contributed by atoms with Crippen molar-refractivity contribution in [3.63, 3.8) is 0 Å². The second-order valence-electron chi connectivity index (χ2n) is 7.41. The zero-order valence-corrected chi connectivity index (χ0v) is 19.7. The van der Waals surface area contributed by atoms with Gasteiger partial charge in [0.2, 0.25) is 0 Å². The topological polar surface area (TPSA) is 78.1 Å². The molecule has 1 aliphatic rings. The van der Waals surface area contributed by atoms with Crippen molar-refractivity contribution in [2.75, 3.05) is 12.4 Å². The van der Waals surface area contributed by atoms with Gasteiger partial charge in [0.25, 0.3) is 11.5 Å². The van der Waals surface area contributed by atoms with E-state index >= 15 is 0 Å². The van der Waals surface area contributed by atoms with Gasteiger partial charge in [-0.25, -0.2) is 4.39 Å². The summed E-state index contributed by atoms with van der Waals surface area (Å²) in [6, 6.07) is 8.09. The summed E-state index contributed by atoms with van der Waals surface area (Å²) in [4.78, 5) is 27.5. The molecule has 1 aromatic heterocycles. The highest BCUT2D eigenvalue weighted by Crippen LogP contribution is 2.34. The maximum absolute atomic E-state index is 13.3. The summed E-state index contributed by atoms with van der Waals surface area (Å²) in [7, 11) is 1.61. The van der Waals surface area contributed by atoms with Gasteiger partial charge in [0.05, 0.1) is 4.91 Å². The third kappa shape index (κ3) is 4.76. The Morgan fingerprint density at radius 2 is 1.97 bits per heavy atom. The fraction of sp³-hybridized carbons (Fsp3) is 0.304. The molecule has 0 radical (unpaired) electrons. The van der Waals surface area contributed by atoms with Crippen molar-refractivity contribution in [3.05, 3.63) is 67.6 Å². The molecule has 2 aromatic rings. The summed E-state index contributed by atoms with van der Waals surface area (Å²) in [6.45, 7) is 4.48. The zero-order valence-electron chi connectivity index (χ0n) is 18.1. The Kier molecular flexibility index (Phi) is 7.48. The first kappa shape index (κ1) is 23.7. The number of likely N-dealkylation sites (N-methyl/N-ethyl adjacent to an activating group) is 1. The van der Waals surface area contributed by atoms with Crippen molar-refractivity contribution >= 4 is 46.1 Å². The maximum atomic E-state index is 13.3. The van der Waals surface area contributed by atoms with E-state index in [1.807, 2.05) is 13.0 Å². The van der Waals surface area contributed by atoms with E-state index in [9.17, 15) is 19.2 Å². The van der Waals surface area contributed by atoms with Gasteiger partial charge in [0, 0.05) is 25.7 Å². The summed E-state index contributed by atoms with van der Waals surface area (Å²) in [5, 5.41) is 12.9. The van der Waals surface area contributed by atoms with Crippen molar-refractivity contribution in [2.24, 2.45) is 0 Å². The van der Waals surface area contributed by atoms with Crippen molar-refractivity contribution < 1.29 is 9.18 Å². The first-order valence-electron chi connectivity index (χ1n) is 10.2. The molecule has 0 saturated carbocycles. The Morgan fingerprint density at radius 3 is 2.53 bits per heavy atom. The van der Waals surface area contributed by atoms with Crippen LogP contribution >= 0.6 is 24.0 Å². The van der Waals surface area contributed by atoms with Gasteiger partial charge in [0.15, 0.2) is 0 Å². The lowest BCUT2D eigenvalue weighted by Gasteiger charge is -2.20. The number of thioether (sulfide) groups is 1. The van der Waals surface area contributed by atoms with Crippen LogP contribution in [-0.2, 0) is 17.9 Å². The SMILES string of the molecule is CCCCn1c(NCc2ccc(F)cc2)c(/C=C2/SC(=S)N(C)C2=O)c(C)c(C#N)c1=O. The van der Waals surface area contributed by atoms with Crippen LogP contribution in [0.25, 0.3) is 6.08 Å². The number of hydrogen-bond donors (Lipinski definition) is 1. The van der Waals surface area contributed by atoms with Gasteiger partial charge in [-0.2, -0.15) is 5.26 Å². The number of hydrogen-bond acceptors (Lipinski definition) is 6. The van der Waals surface area contributed by atoms with E-state index in [1.54, 1.807) is 36.7 Å². The second-order valence-corrected chi connectivity index (χ2v) is 9.08. The molecule has 0 atom stereocenters. The highest BCUT2D eigenvalue weighted by Gasteiger charge is 2.30. The van der Waals surface area contributed by atoms with Gasteiger partial charge in [-0.1, -0.05) is 49.5 Å². The standard InChI is InChI=1S/C23H23FN4O2S2/c1-4-5-10-28-20(26-13-15-6-8-16(24)9-7-15)17(14(2)18(12-25)21(28)29)11-19-22(30)27(3)23(31)32-19/h6-9,11,26H,4-5,10,13H2,1-3H3/b19-11+. The maximum Gasteiger partial charge on any atom is 0.270 e. The molecule has 1 saturated heterocycles. The second kappa shape index (κ2) is 10.1. The number of pyridine rings is 1. The van der Waals surface area contributed by atoms with E-state index in [4.69, 9.17) is 12.2 Å². The molecule has 1 N–H and O–H groups in total. The van der Waals surface area contributed by atoms with Gasteiger partial charge in [-0.15, -0.1) is 0 Å². The van der Waals surface area contributed by atoms with Crippen LogP contribution in [0.1, 0.15) is 42.0 Å². The van der Waals surface area contributed by atoms with Crippen LogP contribution < -0.4 is 10.9 Å². The quantitative estimate of drug-likeness (QED) is 0.477. The van der Waals surface area contributed by atoms with E-state index in [0.29, 0.717) is 39.3 Å². The van der Waals surface area contributed by atoms with E-state index in [0.717, 1.165) is 18.4 Å². The van der Waals surface area contributed by atoms with Crippen molar-refractivity contribution in [1.29, 1.82) is 5.26 Å². The molecule has 0 spiro atoms. The molecule has 0 unspecified atom stereocenters. The molecular weight excluding hydrogens is 447 g/mol. The molecule has 1 aromatic carbocycles. The van der Waals surface area contributed by atoms with Crippen molar-refractivity contribution in [1.82, 2.24) is 9.47 Å². The van der Waals surface area contributed by atoms with Crippen LogP contribution in [0.15, 0.2) is 34.0 Å². The fourth-order valence-electron chi connectivity index (χ4n) is 3.35. The van der Waals surface area contributed by atoms with Crippen molar-refractivity contribution in [3.8, 4) is 6.07 Å². The van der Waals surface area contributed by atoms with E-state index in [1.165, 1.54) is 28.8 Å². The van der Waals surface area contributed by atoms with Crippen LogP contribution in [0.2, 0.25) is 0 Å². The number of anilines is 1. The number of benzene rings is 1. The van der Waals surface area contributed by atoms with Crippen LogP contribution in [0.4, 0.5) is 10.2 Å². The summed E-state index contributed by atoms with van der Waals surface area (Å²) in [5.41, 5.74) is 1.59. The first-order valence-corrected chi connectivity index (χ1v) is 11.4. The predicted molar refractivity (Wildman–Crippen MR) is 130 cm³/mol. The number of thiocarbonyl (C=S) groups is 1. The normalized spacial score (nSPS) is 14.8. The Bertz CT molecular complexity index is 1200. The average molecular weight is 471 g/mol. The number of nitrogens with one attached hydrogen (secondary N) is 1. The monoisotopic (exact) mass is 470 g/mol. The minimum absolute atomic E-state index is 0.0478. The lowest BCUT2D eigenvalue weighted by Crippen LogP contribution is -2.28. The van der Waals surface area contributed by atoms with Crippen LogP contribution in [-0.4, -0.2) is 26.7 Å². The zero-order chi connectivity index (χ0) is 23.4. The Morgan fingerprint density at radius 1 is 1.28 bits per heavy atom. The average Bonchev–Trinajstić information content (AvgIpc) is 3.01. The number of unbranched alkanes of at least 4 members (excludes halogenated alkanes) is 1. The smallest absolute Gasteiger partial charge is 0.270 e. The molecule has 1 aliphatic heterocycles. The number of amides is 1. The van der Waals surface area contributed by atoms with Crippen LogP contribution in [0.3, 0.4) is 0 Å². The van der Waals surface area contributed by atoms with Gasteiger partial charge in [0.1, 0.15) is 27.6 Å². The third-order valence-corrected chi connectivity index (χ3v) is 6.73. The summed E-state index contributed by atoms with van der Waals surface area (Å²) >= 11 is 6.41. The molecule has 0 bridgehead atoms. The van der Waals surface area contributed by atoms with Gasteiger partial charge in [-0.3, -0.25) is 19.1 Å². The molecule has 32 heavy (non-hydrogen) atoms.